The molecule has 0 unspecified atom stereocenters. The van der Waals surface area contributed by atoms with Gasteiger partial charge in [-0.2, -0.15) is 0 Å². The zero-order chi connectivity index (χ0) is 30.1. The Kier molecular flexibility index (Phi) is 5.78. The molecule has 1 aliphatic carbocycles. The second-order valence-corrected chi connectivity index (χ2v) is 13.6. The van der Waals surface area contributed by atoms with Gasteiger partial charge in [-0.1, -0.05) is 135 Å². The molecule has 0 atom stereocenters. The standard InChI is InChI=1S/C43H31NS/c1-43(2)39-16-6-5-11-35(39)36-14-7-12-32(40(36)43)28-17-22-30(23-18-28)44-31-24-19-29(20-25-31)34-13-8-15-37-38-26-21-27-9-3-4-10-33(27)42(38)45-41(34)37/h3-26,44H,1-2H3. The second-order valence-electron chi connectivity index (χ2n) is 12.6. The summed E-state index contributed by atoms with van der Waals surface area (Å²) in [4.78, 5) is 0. The van der Waals surface area contributed by atoms with Crippen molar-refractivity contribution in [1.29, 1.82) is 0 Å². The van der Waals surface area contributed by atoms with E-state index >= 15 is 0 Å². The summed E-state index contributed by atoms with van der Waals surface area (Å²) in [6.45, 7) is 4.70. The van der Waals surface area contributed by atoms with Gasteiger partial charge in [0.1, 0.15) is 0 Å². The Balaban J connectivity index is 1.01. The molecule has 1 nitrogen and oxygen atoms in total. The SMILES string of the molecule is CC1(C)c2ccccc2-c2cccc(-c3ccc(Nc4ccc(-c5cccc6c5sc5c7ccccc7ccc65)cc4)cc3)c21. The molecular weight excluding hydrogens is 563 g/mol. The highest BCUT2D eigenvalue weighted by Gasteiger charge is 2.37. The van der Waals surface area contributed by atoms with Gasteiger partial charge >= 0.3 is 0 Å². The first-order valence-corrected chi connectivity index (χ1v) is 16.4. The minimum Gasteiger partial charge on any atom is -0.356 e. The van der Waals surface area contributed by atoms with Crippen molar-refractivity contribution in [3.05, 3.63) is 157 Å². The van der Waals surface area contributed by atoms with Crippen molar-refractivity contribution in [2.24, 2.45) is 0 Å². The molecule has 0 saturated heterocycles. The van der Waals surface area contributed by atoms with Gasteiger partial charge in [-0.3, -0.25) is 0 Å². The van der Waals surface area contributed by atoms with Crippen LogP contribution >= 0.6 is 11.3 Å². The Hall–Kier alpha value is -5.18. The monoisotopic (exact) mass is 593 g/mol. The van der Waals surface area contributed by atoms with Gasteiger partial charge in [0.15, 0.2) is 0 Å². The summed E-state index contributed by atoms with van der Waals surface area (Å²) < 4.78 is 2.71. The van der Waals surface area contributed by atoms with E-state index < -0.39 is 0 Å². The topological polar surface area (TPSA) is 12.0 Å². The van der Waals surface area contributed by atoms with Gasteiger partial charge in [-0.05, 0) is 79.5 Å². The number of benzene rings is 7. The molecule has 0 aliphatic heterocycles. The number of anilines is 2. The number of nitrogens with one attached hydrogen (secondary N) is 1. The fourth-order valence-corrected chi connectivity index (χ4v) is 8.85. The van der Waals surface area contributed by atoms with Crippen LogP contribution in [0.25, 0.3) is 64.3 Å². The lowest BCUT2D eigenvalue weighted by Gasteiger charge is -2.24. The van der Waals surface area contributed by atoms with Gasteiger partial charge in [0, 0.05) is 37.0 Å². The third-order valence-electron chi connectivity index (χ3n) is 9.65. The van der Waals surface area contributed by atoms with Crippen molar-refractivity contribution in [2.75, 3.05) is 5.32 Å². The minimum atomic E-state index is -0.0326. The van der Waals surface area contributed by atoms with E-state index in [4.69, 9.17) is 0 Å². The van der Waals surface area contributed by atoms with Crippen molar-refractivity contribution in [3.8, 4) is 33.4 Å². The van der Waals surface area contributed by atoms with Crippen LogP contribution in [0.3, 0.4) is 0 Å². The van der Waals surface area contributed by atoms with E-state index in [0.717, 1.165) is 11.4 Å². The maximum atomic E-state index is 3.63. The van der Waals surface area contributed by atoms with E-state index in [2.05, 4.69) is 165 Å². The highest BCUT2D eigenvalue weighted by atomic mass is 32.1. The van der Waals surface area contributed by atoms with E-state index in [0.29, 0.717) is 0 Å². The summed E-state index contributed by atoms with van der Waals surface area (Å²) in [5, 5.41) is 8.92. The largest absolute Gasteiger partial charge is 0.356 e. The molecule has 1 aromatic heterocycles. The molecule has 0 bridgehead atoms. The fourth-order valence-electron chi connectivity index (χ4n) is 7.47. The molecule has 0 amide bonds. The van der Waals surface area contributed by atoms with Crippen molar-refractivity contribution < 1.29 is 0 Å². The van der Waals surface area contributed by atoms with E-state index in [1.165, 1.54) is 75.5 Å². The number of hydrogen-bond donors (Lipinski definition) is 1. The smallest absolute Gasteiger partial charge is 0.0434 e. The predicted molar refractivity (Wildman–Crippen MR) is 195 cm³/mol. The summed E-state index contributed by atoms with van der Waals surface area (Å²) in [5.74, 6) is 0. The molecule has 0 saturated carbocycles. The van der Waals surface area contributed by atoms with Crippen LogP contribution in [0.2, 0.25) is 0 Å². The molecule has 7 aromatic carbocycles. The van der Waals surface area contributed by atoms with Crippen molar-refractivity contribution in [1.82, 2.24) is 0 Å². The van der Waals surface area contributed by atoms with Crippen molar-refractivity contribution >= 4 is 53.7 Å². The summed E-state index contributed by atoms with van der Waals surface area (Å²) in [6.07, 6.45) is 0. The molecule has 9 rings (SSSR count). The maximum absolute atomic E-state index is 3.63. The molecule has 0 fully saturated rings. The quantitative estimate of drug-likeness (QED) is 0.214. The summed E-state index contributed by atoms with van der Waals surface area (Å²) in [5.41, 5.74) is 12.8. The van der Waals surface area contributed by atoms with Gasteiger partial charge in [-0.15, -0.1) is 11.3 Å². The van der Waals surface area contributed by atoms with Crippen molar-refractivity contribution in [2.45, 2.75) is 19.3 Å². The third kappa shape index (κ3) is 4.06. The van der Waals surface area contributed by atoms with Crippen molar-refractivity contribution in [3.63, 3.8) is 0 Å². The zero-order valence-corrected chi connectivity index (χ0v) is 26.1. The van der Waals surface area contributed by atoms with Gasteiger partial charge in [0.2, 0.25) is 0 Å². The molecule has 1 aliphatic rings. The average Bonchev–Trinajstić information content (AvgIpc) is 3.59. The van der Waals surface area contributed by atoms with Crippen LogP contribution in [-0.4, -0.2) is 0 Å². The zero-order valence-electron chi connectivity index (χ0n) is 25.3. The Labute approximate surface area is 267 Å². The Bertz CT molecular complexity index is 2410. The Morgan fingerprint density at radius 1 is 0.444 bits per heavy atom. The lowest BCUT2D eigenvalue weighted by Crippen LogP contribution is -2.16. The molecule has 1 N–H and O–H groups in total. The Morgan fingerprint density at radius 2 is 1.02 bits per heavy atom. The average molecular weight is 594 g/mol. The van der Waals surface area contributed by atoms with Gasteiger partial charge in [0.25, 0.3) is 0 Å². The van der Waals surface area contributed by atoms with Crippen LogP contribution in [0, 0.1) is 0 Å². The predicted octanol–water partition coefficient (Wildman–Crippen LogP) is 12.6. The number of hydrogen-bond acceptors (Lipinski definition) is 2. The van der Waals surface area contributed by atoms with Crippen LogP contribution in [0.5, 0.6) is 0 Å². The van der Waals surface area contributed by atoms with Crippen LogP contribution in [0.4, 0.5) is 11.4 Å². The highest BCUT2D eigenvalue weighted by molar-refractivity contribution is 7.27. The molecule has 2 heteroatoms. The molecule has 45 heavy (non-hydrogen) atoms. The summed E-state index contributed by atoms with van der Waals surface area (Å²) >= 11 is 1.91. The van der Waals surface area contributed by atoms with Gasteiger partial charge < -0.3 is 5.32 Å². The van der Waals surface area contributed by atoms with Gasteiger partial charge in [0.05, 0.1) is 0 Å². The molecule has 0 radical (unpaired) electrons. The van der Waals surface area contributed by atoms with Crippen LogP contribution < -0.4 is 5.32 Å². The minimum absolute atomic E-state index is 0.0326. The van der Waals surface area contributed by atoms with E-state index in [1.807, 2.05) is 11.3 Å². The first-order chi connectivity index (χ1) is 22.1. The molecule has 0 spiro atoms. The van der Waals surface area contributed by atoms with E-state index in [9.17, 15) is 0 Å². The summed E-state index contributed by atoms with van der Waals surface area (Å²) in [6, 6.07) is 53.2. The normalized spacial score (nSPS) is 13.3. The fraction of sp³-hybridized carbons (Fsp3) is 0.0698. The first kappa shape index (κ1) is 26.2. The van der Waals surface area contributed by atoms with E-state index in [1.54, 1.807) is 0 Å². The van der Waals surface area contributed by atoms with Crippen LogP contribution in [-0.2, 0) is 5.41 Å². The number of fused-ring (bicyclic) bond motifs is 8. The Morgan fingerprint density at radius 3 is 1.82 bits per heavy atom. The molecule has 214 valence electrons. The van der Waals surface area contributed by atoms with Crippen LogP contribution in [0.1, 0.15) is 25.0 Å². The van der Waals surface area contributed by atoms with Crippen LogP contribution in [0.15, 0.2) is 146 Å². The first-order valence-electron chi connectivity index (χ1n) is 15.6. The van der Waals surface area contributed by atoms with Gasteiger partial charge in [-0.25, -0.2) is 0 Å². The number of thiophene rings is 1. The molecule has 1 heterocycles. The number of rotatable bonds is 4. The van der Waals surface area contributed by atoms with E-state index in [-0.39, 0.29) is 5.41 Å². The lowest BCUT2D eigenvalue weighted by atomic mass is 9.79. The second kappa shape index (κ2) is 9.92. The summed E-state index contributed by atoms with van der Waals surface area (Å²) in [7, 11) is 0. The molecular formula is C43H31NS. The highest BCUT2D eigenvalue weighted by Crippen LogP contribution is 2.52. The third-order valence-corrected chi connectivity index (χ3v) is 10.9. The lowest BCUT2D eigenvalue weighted by molar-refractivity contribution is 0.662. The molecule has 8 aromatic rings. The maximum Gasteiger partial charge on any atom is 0.0434 e.